The van der Waals surface area contributed by atoms with Crippen LogP contribution in [0.3, 0.4) is 0 Å². The SMILES string of the molecule is CNCCN(CC(=O)NCCN(CC(=O)NCCN(CC(=O)NC)C(=O)Cn1ccc(N)nc1=O)C(=O)Cn1ccc(N)nc1=O)C(=O)Cn1ccc(N)nc1=O.CNCCN(CC(=O)NCCN(CC(=O)NCCN(CC(=O)NC)C(=O)Cn1cnc2c(=O)[nH]c(N)nc21)C(=O)Cn1cnc2c(=O)[nH]c(N)nc21)C(=O)Cn1cnc2c(=O)[nH]c(N)nc21. The van der Waals surface area contributed by atoms with Gasteiger partial charge in [0, 0.05) is 111 Å². The number of aromatic amines is 3. The molecule has 9 heterocycles. The molecule has 123 heavy (non-hydrogen) atoms. The van der Waals surface area contributed by atoms with Gasteiger partial charge in [0.05, 0.1) is 58.3 Å². The number of nitrogens with zero attached hydrogens (tertiary/aromatic N) is 21. The Balaban J connectivity index is 0.000000309. The fourth-order valence-corrected chi connectivity index (χ4v) is 11.4. The second kappa shape index (κ2) is 44.0. The van der Waals surface area contributed by atoms with Crippen molar-refractivity contribution in [3.63, 3.8) is 0 Å². The molecule has 0 bridgehead atoms. The summed E-state index contributed by atoms with van der Waals surface area (Å²) in [5.41, 5.74) is 29.4. The maximum absolute atomic E-state index is 13.8. The van der Waals surface area contributed by atoms with Gasteiger partial charge in [0.1, 0.15) is 56.7 Å². The lowest BCUT2D eigenvalue weighted by Crippen LogP contribution is -2.49. The third kappa shape index (κ3) is 27.0. The van der Waals surface area contributed by atoms with E-state index in [-0.39, 0.29) is 147 Å². The molecule has 23 N–H and O–H groups in total. The Morgan fingerprint density at radius 1 is 0.317 bits per heavy atom. The number of nitrogen functional groups attached to an aromatic ring is 6. The van der Waals surface area contributed by atoms with Crippen LogP contribution in [0.1, 0.15) is 0 Å². The number of H-pyrrole nitrogens is 3. The first-order valence-electron chi connectivity index (χ1n) is 37.2. The van der Waals surface area contributed by atoms with Crippen molar-refractivity contribution in [1.82, 2.24) is 159 Å². The monoisotopic (exact) mass is 1720 g/mol. The lowest BCUT2D eigenvalue weighted by molar-refractivity contribution is -0.138. The lowest BCUT2D eigenvalue weighted by atomic mass is 10.3. The van der Waals surface area contributed by atoms with Crippen LogP contribution in [-0.2, 0) is 96.8 Å². The van der Waals surface area contributed by atoms with Crippen LogP contribution < -0.4 is 111 Å². The van der Waals surface area contributed by atoms with E-state index in [9.17, 15) is 86.3 Å². The highest BCUT2D eigenvalue weighted by Crippen LogP contribution is 2.12. The molecule has 9 rings (SSSR count). The summed E-state index contributed by atoms with van der Waals surface area (Å²) in [6, 6.07) is 3.98. The largest absolute Gasteiger partial charge is 0.383 e. The molecule has 56 heteroatoms. The second-order valence-electron chi connectivity index (χ2n) is 26.6. The zero-order valence-electron chi connectivity index (χ0n) is 66.9. The predicted molar refractivity (Wildman–Crippen MR) is 434 cm³/mol. The topological polar surface area (TPSA) is 772 Å². The summed E-state index contributed by atoms with van der Waals surface area (Å²) in [5.74, 6) is -8.05. The number of hydrogen-bond donors (Lipinski definition) is 17. The van der Waals surface area contributed by atoms with Crippen molar-refractivity contribution < 1.29 is 57.5 Å². The third-order valence-corrected chi connectivity index (χ3v) is 17.8. The number of hydrogen-bond acceptors (Lipinski definition) is 35. The van der Waals surface area contributed by atoms with E-state index in [0.29, 0.717) is 13.1 Å². The van der Waals surface area contributed by atoms with Crippen LogP contribution in [0.25, 0.3) is 33.5 Å². The van der Waals surface area contributed by atoms with Crippen LogP contribution in [0.5, 0.6) is 0 Å². The number of carbonyl (C=O) groups is 12. The summed E-state index contributed by atoms with van der Waals surface area (Å²) in [5, 5.41) is 21.1. The summed E-state index contributed by atoms with van der Waals surface area (Å²) in [6.07, 6.45) is 7.50. The highest BCUT2D eigenvalue weighted by molar-refractivity contribution is 5.90. The molecule has 0 aliphatic carbocycles. The Morgan fingerprint density at radius 2 is 0.537 bits per heavy atom. The number of anilines is 6. The van der Waals surface area contributed by atoms with Gasteiger partial charge < -0.3 is 120 Å². The first-order chi connectivity index (χ1) is 58.6. The van der Waals surface area contributed by atoms with Gasteiger partial charge in [0.2, 0.25) is 88.7 Å². The van der Waals surface area contributed by atoms with Crippen molar-refractivity contribution in [3.05, 3.63) is 118 Å². The minimum Gasteiger partial charge on any atom is -0.383 e. The molecule has 0 spiro atoms. The number of carbonyl (C=O) groups excluding carboxylic acids is 12. The Labute approximate surface area is 691 Å². The van der Waals surface area contributed by atoms with Crippen LogP contribution >= 0.6 is 0 Å². The summed E-state index contributed by atoms with van der Waals surface area (Å²) in [4.78, 5) is 280. The van der Waals surface area contributed by atoms with Gasteiger partial charge in [-0.05, 0) is 32.3 Å². The Hall–Kier alpha value is -15.9. The average molecular weight is 1720 g/mol. The smallest absolute Gasteiger partial charge is 0.349 e. The van der Waals surface area contributed by atoms with E-state index in [4.69, 9.17) is 34.4 Å². The molecule has 0 aromatic carbocycles. The fraction of sp³-hybridized carbons (Fsp3) is 0.418. The molecule has 12 amide bonds. The van der Waals surface area contributed by atoms with Crippen molar-refractivity contribution in [2.75, 3.05) is 180 Å². The quantitative estimate of drug-likeness (QED) is 0.0169. The maximum atomic E-state index is 13.8. The van der Waals surface area contributed by atoms with Gasteiger partial charge in [-0.3, -0.25) is 101 Å². The minimum atomic E-state index is -0.817. The number of fused-ring (bicyclic) bond motifs is 3. The molecule has 0 aliphatic rings. The molecule has 56 nitrogen and oxygen atoms in total. The Morgan fingerprint density at radius 3 is 0.756 bits per heavy atom. The molecule has 0 atom stereocenters. The van der Waals surface area contributed by atoms with Gasteiger partial charge in [0.15, 0.2) is 33.5 Å². The molecule has 0 saturated heterocycles. The number of amides is 12. The van der Waals surface area contributed by atoms with Crippen LogP contribution in [0, 0.1) is 0 Å². The normalized spacial score (nSPS) is 10.9. The number of rotatable bonds is 42. The van der Waals surface area contributed by atoms with Gasteiger partial charge in [-0.2, -0.15) is 29.9 Å². The summed E-state index contributed by atoms with van der Waals surface area (Å²) >= 11 is 0. The molecule has 0 unspecified atom stereocenters. The molecular weight excluding hydrogens is 1620 g/mol. The molecule has 9 aromatic rings. The summed E-state index contributed by atoms with van der Waals surface area (Å²) < 4.78 is 6.87. The van der Waals surface area contributed by atoms with Gasteiger partial charge in [-0.1, -0.05) is 0 Å². The standard InChI is InChI=1S/C35H46N22O9.C32H46N16O9/c1-39-3-6-52(21(61)12-55-15-43-24-27(55)46-33(36)49-30(24)64)10-19(59)42-5-8-54(23(63)14-57-17-45-26-29(57)48-35(38)51-32(26)66)11-20(60)41-4-7-53(9-18(58)40-2)22(62)13-56-16-44-25-28(56)47-34(37)50-31(25)65;1-36-6-12-43(27(52)18-46-9-3-21(33)40-30(46)55)16-25(50)39-8-14-45(29(54)20-48-11-5-23(35)42-32(48)57)17-26(51)38-7-13-44(15-24(49)37-2)28(53)19-47-10-4-22(34)41-31(47)56/h15-17,39H,3-14H2,1-2H3,(H,40,58)(H,41,60)(H,42,59)(H3,36,46,49,64)(H3,37,47,50,65)(H3,38,48,51,66);3-5,9-11,36H,6-8,12-20H2,1-2H3,(H,37,49)(H,38,51)(H,39,50)(H2,33,40,55)(H2,34,41,56)(H2,35,42,57). The zero-order valence-corrected chi connectivity index (χ0v) is 66.9. The maximum Gasteiger partial charge on any atom is 0.349 e. The molecule has 0 saturated carbocycles. The van der Waals surface area contributed by atoms with Crippen LogP contribution in [0.2, 0.25) is 0 Å². The summed E-state index contributed by atoms with van der Waals surface area (Å²) in [6.45, 7) is -5.98. The van der Waals surface area contributed by atoms with Gasteiger partial charge >= 0.3 is 17.1 Å². The van der Waals surface area contributed by atoms with Crippen molar-refractivity contribution in [1.29, 1.82) is 0 Å². The number of likely N-dealkylation sites (N-methyl/N-ethyl adjacent to an activating group) is 4. The van der Waals surface area contributed by atoms with E-state index in [2.05, 4.69) is 102 Å². The van der Waals surface area contributed by atoms with E-state index >= 15 is 0 Å². The molecule has 9 aromatic heterocycles. The number of imidazole rings is 3. The van der Waals surface area contributed by atoms with Gasteiger partial charge in [-0.15, -0.1) is 0 Å². The zero-order chi connectivity index (χ0) is 89.7. The van der Waals surface area contributed by atoms with E-state index in [1.54, 1.807) is 14.1 Å². The minimum absolute atomic E-state index is 0.000937. The highest BCUT2D eigenvalue weighted by atomic mass is 16.2. The van der Waals surface area contributed by atoms with Gasteiger partial charge in [0.25, 0.3) is 16.7 Å². The van der Waals surface area contributed by atoms with E-state index in [1.165, 1.54) is 93.4 Å². The fourth-order valence-electron chi connectivity index (χ4n) is 11.4. The van der Waals surface area contributed by atoms with Crippen LogP contribution in [0.15, 0.2) is 84.5 Å². The Bertz CT molecular complexity index is 5760. The highest BCUT2D eigenvalue weighted by Gasteiger charge is 2.28. The molecule has 658 valence electrons. The van der Waals surface area contributed by atoms with E-state index < -0.39 is 170 Å². The van der Waals surface area contributed by atoms with E-state index in [0.717, 1.165) is 33.3 Å². The van der Waals surface area contributed by atoms with Crippen LogP contribution in [-0.4, -0.2) is 333 Å². The van der Waals surface area contributed by atoms with Gasteiger partial charge in [-0.25, -0.2) is 29.3 Å². The number of nitrogens with one attached hydrogen (secondary N) is 11. The average Bonchev–Trinajstić information content (AvgIpc) is 1.67. The molecule has 0 aliphatic heterocycles. The van der Waals surface area contributed by atoms with Crippen molar-refractivity contribution in [2.45, 2.75) is 39.3 Å². The van der Waals surface area contributed by atoms with Crippen molar-refractivity contribution in [2.24, 2.45) is 0 Å². The van der Waals surface area contributed by atoms with Crippen molar-refractivity contribution in [3.8, 4) is 0 Å². The Kier molecular flexibility index (Phi) is 33.1. The number of nitrogens with two attached hydrogens (primary N) is 6. The lowest BCUT2D eigenvalue weighted by Gasteiger charge is -2.25. The third-order valence-electron chi connectivity index (χ3n) is 17.8. The first-order valence-corrected chi connectivity index (χ1v) is 37.2. The summed E-state index contributed by atoms with van der Waals surface area (Å²) in [7, 11) is 6.06. The first kappa shape index (κ1) is 92.6. The second-order valence-corrected chi connectivity index (χ2v) is 26.6. The van der Waals surface area contributed by atoms with Crippen molar-refractivity contribution >= 4 is 140 Å². The predicted octanol–water partition coefficient (Wildman–Crippen LogP) is -14.0. The molecule has 0 fully saturated rings. The number of aromatic nitrogens is 18. The van der Waals surface area contributed by atoms with E-state index in [1.807, 2.05) is 0 Å². The van der Waals surface area contributed by atoms with Crippen LogP contribution in [0.4, 0.5) is 35.3 Å². The molecular formula is C67H92N38O18. The molecule has 0 radical (unpaired) electrons.